The standard InChI is InChI=1S/C18H20N4O2S/c23-16(5-6-17-21-13-3-1-2-4-14(13)24-17)22-18-20-11-15(25-18)12-7-9-19-10-8-12/h1-4,11-12,19H,5-10H2,(H,20,22,23). The van der Waals surface area contributed by atoms with Crippen LogP contribution < -0.4 is 10.6 Å². The van der Waals surface area contributed by atoms with Gasteiger partial charge in [0, 0.05) is 23.9 Å². The molecule has 3 heterocycles. The van der Waals surface area contributed by atoms with Gasteiger partial charge in [0.1, 0.15) is 5.52 Å². The fraction of sp³-hybridized carbons (Fsp3) is 0.389. The lowest BCUT2D eigenvalue weighted by Crippen LogP contribution is -2.26. The molecular formula is C18H20N4O2S. The van der Waals surface area contributed by atoms with Gasteiger partial charge >= 0.3 is 0 Å². The third-order valence-electron chi connectivity index (χ3n) is 4.42. The van der Waals surface area contributed by atoms with Crippen molar-refractivity contribution in [3.05, 3.63) is 41.2 Å². The van der Waals surface area contributed by atoms with Gasteiger partial charge in [-0.25, -0.2) is 9.97 Å². The Morgan fingerprint density at radius 1 is 1.32 bits per heavy atom. The summed E-state index contributed by atoms with van der Waals surface area (Å²) < 4.78 is 5.64. The molecule has 7 heteroatoms. The molecule has 130 valence electrons. The molecule has 0 aliphatic carbocycles. The molecule has 1 aromatic carbocycles. The first-order valence-corrected chi connectivity index (χ1v) is 9.40. The molecule has 2 aromatic heterocycles. The molecule has 25 heavy (non-hydrogen) atoms. The number of aromatic nitrogens is 2. The van der Waals surface area contributed by atoms with E-state index in [2.05, 4.69) is 20.6 Å². The van der Waals surface area contributed by atoms with Crippen LogP contribution in [0.5, 0.6) is 0 Å². The number of carbonyl (C=O) groups excluding carboxylic acids is 1. The summed E-state index contributed by atoms with van der Waals surface area (Å²) in [5.41, 5.74) is 1.58. The zero-order valence-electron chi connectivity index (χ0n) is 13.8. The number of para-hydroxylation sites is 2. The van der Waals surface area contributed by atoms with Crippen molar-refractivity contribution in [2.24, 2.45) is 0 Å². The Hall–Kier alpha value is -2.25. The van der Waals surface area contributed by atoms with Crippen LogP contribution in [0.2, 0.25) is 0 Å². The second-order valence-electron chi connectivity index (χ2n) is 6.22. The Morgan fingerprint density at radius 2 is 2.16 bits per heavy atom. The van der Waals surface area contributed by atoms with Crippen molar-refractivity contribution in [3.8, 4) is 0 Å². The summed E-state index contributed by atoms with van der Waals surface area (Å²) in [4.78, 5) is 22.2. The molecular weight excluding hydrogens is 336 g/mol. The maximum Gasteiger partial charge on any atom is 0.226 e. The zero-order valence-corrected chi connectivity index (χ0v) is 14.6. The predicted octanol–water partition coefficient (Wildman–Crippen LogP) is 3.32. The monoisotopic (exact) mass is 356 g/mol. The molecule has 1 aliphatic rings. The molecule has 0 atom stereocenters. The van der Waals surface area contributed by atoms with Crippen molar-refractivity contribution < 1.29 is 9.21 Å². The number of aryl methyl sites for hydroxylation is 1. The number of nitrogens with zero attached hydrogens (tertiary/aromatic N) is 2. The number of carbonyl (C=O) groups is 1. The summed E-state index contributed by atoms with van der Waals surface area (Å²) in [5.74, 6) is 1.09. The van der Waals surface area contributed by atoms with E-state index in [0.717, 1.165) is 37.0 Å². The Labute approximate surface area is 149 Å². The van der Waals surface area contributed by atoms with Crippen molar-refractivity contribution >= 4 is 33.5 Å². The Morgan fingerprint density at radius 3 is 3.00 bits per heavy atom. The molecule has 2 N–H and O–H groups in total. The molecule has 1 saturated heterocycles. The van der Waals surface area contributed by atoms with E-state index in [-0.39, 0.29) is 5.91 Å². The zero-order chi connectivity index (χ0) is 17.1. The summed E-state index contributed by atoms with van der Waals surface area (Å²) in [6.45, 7) is 2.10. The molecule has 1 fully saturated rings. The number of fused-ring (bicyclic) bond motifs is 1. The number of amides is 1. The van der Waals surface area contributed by atoms with Crippen molar-refractivity contribution in [3.63, 3.8) is 0 Å². The van der Waals surface area contributed by atoms with Crippen LogP contribution in [0.3, 0.4) is 0 Å². The van der Waals surface area contributed by atoms with Gasteiger partial charge in [0.25, 0.3) is 0 Å². The lowest BCUT2D eigenvalue weighted by atomic mass is 9.97. The Balaban J connectivity index is 1.32. The van der Waals surface area contributed by atoms with Gasteiger partial charge in [-0.2, -0.15) is 0 Å². The van der Waals surface area contributed by atoms with E-state index in [1.165, 1.54) is 4.88 Å². The number of hydrogen-bond donors (Lipinski definition) is 2. The number of nitrogens with one attached hydrogen (secondary N) is 2. The first-order chi connectivity index (χ1) is 12.3. The van der Waals surface area contributed by atoms with Crippen LogP contribution in [0.4, 0.5) is 5.13 Å². The highest BCUT2D eigenvalue weighted by Crippen LogP contribution is 2.31. The van der Waals surface area contributed by atoms with Crippen LogP contribution in [-0.2, 0) is 11.2 Å². The van der Waals surface area contributed by atoms with Crippen LogP contribution >= 0.6 is 11.3 Å². The number of hydrogen-bond acceptors (Lipinski definition) is 6. The van der Waals surface area contributed by atoms with Crippen molar-refractivity contribution in [2.45, 2.75) is 31.6 Å². The SMILES string of the molecule is O=C(CCc1nc2ccccc2o1)Nc1ncc(C2CCNCC2)s1. The van der Waals surface area contributed by atoms with E-state index >= 15 is 0 Å². The third kappa shape index (κ3) is 3.88. The highest BCUT2D eigenvalue weighted by molar-refractivity contribution is 7.15. The summed E-state index contributed by atoms with van der Waals surface area (Å²) in [6, 6.07) is 7.61. The molecule has 0 saturated carbocycles. The number of rotatable bonds is 5. The van der Waals surface area contributed by atoms with E-state index in [1.54, 1.807) is 11.3 Å². The average molecular weight is 356 g/mol. The molecule has 0 radical (unpaired) electrons. The van der Waals surface area contributed by atoms with Crippen molar-refractivity contribution in [2.75, 3.05) is 18.4 Å². The molecule has 6 nitrogen and oxygen atoms in total. The lowest BCUT2D eigenvalue weighted by Gasteiger charge is -2.20. The number of thiazole rings is 1. The molecule has 3 aromatic rings. The Bertz CT molecular complexity index is 834. The lowest BCUT2D eigenvalue weighted by molar-refractivity contribution is -0.116. The average Bonchev–Trinajstić information content (AvgIpc) is 3.27. The minimum atomic E-state index is -0.0616. The van der Waals surface area contributed by atoms with Gasteiger partial charge < -0.3 is 15.1 Å². The molecule has 0 spiro atoms. The number of anilines is 1. The van der Waals surface area contributed by atoms with Gasteiger partial charge in [0.05, 0.1) is 0 Å². The van der Waals surface area contributed by atoms with E-state index < -0.39 is 0 Å². The van der Waals surface area contributed by atoms with Crippen LogP contribution in [0.1, 0.15) is 35.9 Å². The summed E-state index contributed by atoms with van der Waals surface area (Å²) in [6.07, 6.45) is 4.97. The van der Waals surface area contributed by atoms with Gasteiger partial charge in [-0.1, -0.05) is 12.1 Å². The Kier molecular flexibility index (Phi) is 4.76. The van der Waals surface area contributed by atoms with E-state index in [9.17, 15) is 4.79 Å². The highest BCUT2D eigenvalue weighted by atomic mass is 32.1. The van der Waals surface area contributed by atoms with Crippen molar-refractivity contribution in [1.82, 2.24) is 15.3 Å². The molecule has 1 aliphatic heterocycles. The van der Waals surface area contributed by atoms with Crippen LogP contribution in [0.25, 0.3) is 11.1 Å². The van der Waals surface area contributed by atoms with Gasteiger partial charge in [-0.05, 0) is 44.0 Å². The maximum atomic E-state index is 12.2. The van der Waals surface area contributed by atoms with E-state index in [0.29, 0.717) is 29.8 Å². The van der Waals surface area contributed by atoms with E-state index in [4.69, 9.17) is 4.42 Å². The van der Waals surface area contributed by atoms with Crippen LogP contribution in [-0.4, -0.2) is 29.0 Å². The fourth-order valence-electron chi connectivity index (χ4n) is 3.07. The highest BCUT2D eigenvalue weighted by Gasteiger charge is 2.18. The normalized spacial score (nSPS) is 15.5. The van der Waals surface area contributed by atoms with Crippen molar-refractivity contribution in [1.29, 1.82) is 0 Å². The topological polar surface area (TPSA) is 80.1 Å². The van der Waals surface area contributed by atoms with Gasteiger partial charge in [-0.15, -0.1) is 11.3 Å². The van der Waals surface area contributed by atoms with Gasteiger partial charge in [0.15, 0.2) is 16.6 Å². The number of oxazole rings is 1. The van der Waals surface area contributed by atoms with Crippen LogP contribution in [0, 0.1) is 0 Å². The van der Waals surface area contributed by atoms with E-state index in [1.807, 2.05) is 30.5 Å². The fourth-order valence-corrected chi connectivity index (χ4v) is 4.07. The number of benzene rings is 1. The van der Waals surface area contributed by atoms with Gasteiger partial charge in [-0.3, -0.25) is 4.79 Å². The summed E-state index contributed by atoms with van der Waals surface area (Å²) >= 11 is 1.58. The number of piperidine rings is 1. The summed E-state index contributed by atoms with van der Waals surface area (Å²) in [5, 5.41) is 6.93. The predicted molar refractivity (Wildman–Crippen MR) is 97.9 cm³/mol. The van der Waals surface area contributed by atoms with Gasteiger partial charge in [0.2, 0.25) is 5.91 Å². The second kappa shape index (κ2) is 7.33. The second-order valence-corrected chi connectivity index (χ2v) is 7.28. The summed E-state index contributed by atoms with van der Waals surface area (Å²) in [7, 11) is 0. The van der Waals surface area contributed by atoms with Crippen LogP contribution in [0.15, 0.2) is 34.9 Å². The maximum absolute atomic E-state index is 12.2. The third-order valence-corrected chi connectivity index (χ3v) is 5.49. The quantitative estimate of drug-likeness (QED) is 0.733. The molecule has 0 bridgehead atoms. The minimum Gasteiger partial charge on any atom is -0.441 e. The first kappa shape index (κ1) is 16.2. The smallest absolute Gasteiger partial charge is 0.226 e. The molecule has 1 amide bonds. The molecule has 0 unspecified atom stereocenters. The minimum absolute atomic E-state index is 0.0616. The first-order valence-electron chi connectivity index (χ1n) is 8.59. The molecule has 4 rings (SSSR count). The largest absolute Gasteiger partial charge is 0.441 e.